The van der Waals surface area contributed by atoms with E-state index in [1.165, 1.54) is 23.3 Å². The molecule has 0 fully saturated rings. The van der Waals surface area contributed by atoms with E-state index in [1.807, 2.05) is 18.2 Å². The van der Waals surface area contributed by atoms with Crippen molar-refractivity contribution < 1.29 is 9.63 Å². The van der Waals surface area contributed by atoms with Gasteiger partial charge in [0.1, 0.15) is 0 Å². The summed E-state index contributed by atoms with van der Waals surface area (Å²) in [6.45, 7) is 2.12. The normalized spacial score (nSPS) is 11.3. The fraction of sp³-hybridized carbons (Fsp3) is 0.115. The number of hydrogen-bond acceptors (Lipinski definition) is 2. The average molecular weight is 383 g/mol. The Kier molecular flexibility index (Phi) is 6.77. The SMILES string of the molecule is CON(C)C(=O)c1ccc(/C=C/c2ccc(/C=C/c3ccccc3C)cc2)cc1. The lowest BCUT2D eigenvalue weighted by molar-refractivity contribution is -0.0756. The van der Waals surface area contributed by atoms with Crippen molar-refractivity contribution in [1.82, 2.24) is 5.06 Å². The second kappa shape index (κ2) is 9.67. The molecular formula is C26H25NO2. The lowest BCUT2D eigenvalue weighted by Crippen LogP contribution is -2.25. The molecule has 3 aromatic carbocycles. The molecule has 0 spiro atoms. The molecule has 3 aromatic rings. The van der Waals surface area contributed by atoms with Gasteiger partial charge in [-0.3, -0.25) is 9.63 Å². The summed E-state index contributed by atoms with van der Waals surface area (Å²) in [4.78, 5) is 17.0. The lowest BCUT2D eigenvalue weighted by Gasteiger charge is -2.13. The Bertz CT molecular complexity index is 1020. The molecule has 0 radical (unpaired) electrons. The first-order chi connectivity index (χ1) is 14.1. The molecule has 0 saturated carbocycles. The highest BCUT2D eigenvalue weighted by Gasteiger charge is 2.10. The highest BCUT2D eigenvalue weighted by molar-refractivity contribution is 5.93. The van der Waals surface area contributed by atoms with E-state index < -0.39 is 0 Å². The second-order valence-electron chi connectivity index (χ2n) is 6.80. The Labute approximate surface area is 172 Å². The zero-order valence-electron chi connectivity index (χ0n) is 17.0. The van der Waals surface area contributed by atoms with E-state index in [-0.39, 0.29) is 5.91 Å². The molecule has 0 unspecified atom stereocenters. The third kappa shape index (κ3) is 5.53. The van der Waals surface area contributed by atoms with Crippen molar-refractivity contribution in [2.75, 3.05) is 14.2 Å². The molecular weight excluding hydrogens is 358 g/mol. The van der Waals surface area contributed by atoms with E-state index in [2.05, 4.69) is 73.7 Å². The number of carbonyl (C=O) groups is 1. The number of nitrogens with zero attached hydrogens (tertiary/aromatic N) is 1. The van der Waals surface area contributed by atoms with Crippen LogP contribution in [0, 0.1) is 6.92 Å². The molecule has 0 aliphatic carbocycles. The minimum atomic E-state index is -0.169. The van der Waals surface area contributed by atoms with Gasteiger partial charge in [-0.25, -0.2) is 5.06 Å². The first-order valence-electron chi connectivity index (χ1n) is 9.51. The van der Waals surface area contributed by atoms with E-state index in [0.717, 1.165) is 16.7 Å². The monoisotopic (exact) mass is 383 g/mol. The maximum Gasteiger partial charge on any atom is 0.277 e. The highest BCUT2D eigenvalue weighted by atomic mass is 16.7. The van der Waals surface area contributed by atoms with Gasteiger partial charge in [0.15, 0.2) is 0 Å². The summed E-state index contributed by atoms with van der Waals surface area (Å²) < 4.78 is 0. The Balaban J connectivity index is 1.64. The highest BCUT2D eigenvalue weighted by Crippen LogP contribution is 2.15. The number of benzene rings is 3. The minimum Gasteiger partial charge on any atom is -0.274 e. The molecule has 29 heavy (non-hydrogen) atoms. The lowest BCUT2D eigenvalue weighted by atomic mass is 10.1. The zero-order valence-corrected chi connectivity index (χ0v) is 17.0. The van der Waals surface area contributed by atoms with Crippen LogP contribution in [0.2, 0.25) is 0 Å². The fourth-order valence-corrected chi connectivity index (χ4v) is 2.87. The van der Waals surface area contributed by atoms with Gasteiger partial charge >= 0.3 is 0 Å². The molecule has 0 N–H and O–H groups in total. The van der Waals surface area contributed by atoms with Crippen molar-refractivity contribution in [2.24, 2.45) is 0 Å². The quantitative estimate of drug-likeness (QED) is 0.388. The van der Waals surface area contributed by atoms with Crippen LogP contribution in [-0.2, 0) is 4.84 Å². The summed E-state index contributed by atoms with van der Waals surface area (Å²) in [6.07, 6.45) is 8.37. The van der Waals surface area contributed by atoms with Gasteiger partial charge in [0, 0.05) is 12.6 Å². The van der Waals surface area contributed by atoms with Crippen LogP contribution in [0.5, 0.6) is 0 Å². The van der Waals surface area contributed by atoms with Gasteiger partial charge in [-0.1, -0.05) is 85.0 Å². The van der Waals surface area contributed by atoms with Gasteiger partial charge in [-0.15, -0.1) is 0 Å². The number of hydrogen-bond donors (Lipinski definition) is 0. The van der Waals surface area contributed by atoms with Crippen LogP contribution < -0.4 is 0 Å². The van der Waals surface area contributed by atoms with Crippen LogP contribution in [0.1, 0.15) is 38.2 Å². The third-order valence-electron chi connectivity index (χ3n) is 4.77. The van der Waals surface area contributed by atoms with Crippen molar-refractivity contribution in [1.29, 1.82) is 0 Å². The summed E-state index contributed by atoms with van der Waals surface area (Å²) in [5, 5.41) is 1.21. The van der Waals surface area contributed by atoms with Crippen molar-refractivity contribution in [3.63, 3.8) is 0 Å². The summed E-state index contributed by atoms with van der Waals surface area (Å²) >= 11 is 0. The minimum absolute atomic E-state index is 0.169. The van der Waals surface area contributed by atoms with Crippen LogP contribution >= 0.6 is 0 Å². The average Bonchev–Trinajstić information content (AvgIpc) is 2.77. The molecule has 0 heterocycles. The van der Waals surface area contributed by atoms with E-state index in [9.17, 15) is 4.79 Å². The smallest absolute Gasteiger partial charge is 0.274 e. The van der Waals surface area contributed by atoms with Crippen LogP contribution in [0.4, 0.5) is 0 Å². The number of amides is 1. The number of hydroxylamine groups is 2. The van der Waals surface area contributed by atoms with Crippen LogP contribution in [0.3, 0.4) is 0 Å². The first kappa shape index (κ1) is 20.3. The summed E-state index contributed by atoms with van der Waals surface area (Å²) in [6, 6.07) is 24.2. The van der Waals surface area contributed by atoms with Gasteiger partial charge in [-0.05, 0) is 46.9 Å². The fourth-order valence-electron chi connectivity index (χ4n) is 2.87. The van der Waals surface area contributed by atoms with E-state index >= 15 is 0 Å². The predicted octanol–water partition coefficient (Wildman–Crippen LogP) is 5.97. The Hall–Kier alpha value is -3.43. The molecule has 0 atom stereocenters. The molecule has 0 aromatic heterocycles. The van der Waals surface area contributed by atoms with Crippen molar-refractivity contribution >= 4 is 30.2 Å². The number of aryl methyl sites for hydroxylation is 1. The van der Waals surface area contributed by atoms with Crippen LogP contribution in [0.25, 0.3) is 24.3 Å². The predicted molar refractivity (Wildman–Crippen MR) is 121 cm³/mol. The maximum absolute atomic E-state index is 12.0. The standard InChI is InChI=1S/C26H25NO2/c1-20-6-4-5-7-24(20)17-14-22-11-8-21(9-12-22)10-13-23-15-18-25(19-16-23)26(28)27(2)29-3/h4-19H,1-3H3/b13-10+,17-14+. The van der Waals surface area contributed by atoms with E-state index in [4.69, 9.17) is 4.84 Å². The molecule has 1 amide bonds. The third-order valence-corrected chi connectivity index (χ3v) is 4.77. The maximum atomic E-state index is 12.0. The zero-order chi connectivity index (χ0) is 20.6. The van der Waals surface area contributed by atoms with Gasteiger partial charge in [0.25, 0.3) is 5.91 Å². The molecule has 0 aliphatic rings. The first-order valence-corrected chi connectivity index (χ1v) is 9.51. The van der Waals surface area contributed by atoms with E-state index in [0.29, 0.717) is 5.56 Å². The summed E-state index contributed by atoms with van der Waals surface area (Å²) in [5.41, 5.74) is 6.41. The molecule has 0 saturated heterocycles. The van der Waals surface area contributed by atoms with Crippen molar-refractivity contribution in [3.05, 3.63) is 106 Å². The van der Waals surface area contributed by atoms with Gasteiger partial charge in [0.05, 0.1) is 7.11 Å². The summed E-state index contributed by atoms with van der Waals surface area (Å²) in [5.74, 6) is -0.169. The molecule has 0 bridgehead atoms. The largest absolute Gasteiger partial charge is 0.277 e. The Morgan fingerprint density at radius 3 is 1.76 bits per heavy atom. The Morgan fingerprint density at radius 2 is 1.24 bits per heavy atom. The molecule has 3 rings (SSSR count). The van der Waals surface area contributed by atoms with Gasteiger partial charge in [-0.2, -0.15) is 0 Å². The van der Waals surface area contributed by atoms with Crippen molar-refractivity contribution in [2.45, 2.75) is 6.92 Å². The summed E-state index contributed by atoms with van der Waals surface area (Å²) in [7, 11) is 3.06. The molecule has 146 valence electrons. The second-order valence-corrected chi connectivity index (χ2v) is 6.80. The topological polar surface area (TPSA) is 29.5 Å². The van der Waals surface area contributed by atoms with Gasteiger partial charge < -0.3 is 0 Å². The van der Waals surface area contributed by atoms with Crippen LogP contribution in [0.15, 0.2) is 72.8 Å². The van der Waals surface area contributed by atoms with Crippen LogP contribution in [-0.4, -0.2) is 25.1 Å². The number of rotatable bonds is 6. The molecule has 0 aliphatic heterocycles. The Morgan fingerprint density at radius 1 is 0.759 bits per heavy atom. The van der Waals surface area contributed by atoms with Crippen molar-refractivity contribution in [3.8, 4) is 0 Å². The molecule has 3 nitrogen and oxygen atoms in total. The van der Waals surface area contributed by atoms with E-state index in [1.54, 1.807) is 19.2 Å². The van der Waals surface area contributed by atoms with Gasteiger partial charge in [0.2, 0.25) is 0 Å². The molecule has 3 heteroatoms. The number of carbonyl (C=O) groups excluding carboxylic acids is 1.